The number of benzene rings is 1. The molecule has 1 aromatic carbocycles. The van der Waals surface area contributed by atoms with E-state index in [2.05, 4.69) is 5.32 Å². The maximum atomic E-state index is 12.5. The van der Waals surface area contributed by atoms with Crippen molar-refractivity contribution in [2.45, 2.75) is 39.3 Å². The van der Waals surface area contributed by atoms with Crippen molar-refractivity contribution >= 4 is 11.7 Å². The molecule has 4 nitrogen and oxygen atoms in total. The fourth-order valence-corrected chi connectivity index (χ4v) is 2.73. The molecule has 1 heterocycles. The monoisotopic (exact) mass is 274 g/mol. The van der Waals surface area contributed by atoms with Crippen LogP contribution in [0.2, 0.25) is 0 Å². The van der Waals surface area contributed by atoms with Crippen molar-refractivity contribution in [3.8, 4) is 0 Å². The van der Waals surface area contributed by atoms with E-state index in [0.717, 1.165) is 18.5 Å². The van der Waals surface area contributed by atoms with Gasteiger partial charge in [0.15, 0.2) is 5.78 Å². The van der Waals surface area contributed by atoms with Crippen LogP contribution < -0.4 is 5.32 Å². The maximum absolute atomic E-state index is 12.5. The number of aryl methyl sites for hydroxylation is 1. The van der Waals surface area contributed by atoms with Gasteiger partial charge in [0.25, 0.3) is 0 Å². The zero-order chi connectivity index (χ0) is 14.7. The van der Waals surface area contributed by atoms with Crippen molar-refractivity contribution in [3.05, 3.63) is 35.4 Å². The molecule has 1 amide bonds. The fraction of sp³-hybridized carbons (Fsp3) is 0.500. The number of piperazine rings is 1. The van der Waals surface area contributed by atoms with Gasteiger partial charge < -0.3 is 5.32 Å². The van der Waals surface area contributed by atoms with E-state index < -0.39 is 0 Å². The smallest absolute Gasteiger partial charge is 0.237 e. The zero-order valence-electron chi connectivity index (χ0n) is 12.3. The first kappa shape index (κ1) is 14.7. The van der Waals surface area contributed by atoms with Crippen LogP contribution in [0.15, 0.2) is 24.3 Å². The third-order valence-corrected chi connectivity index (χ3v) is 3.97. The van der Waals surface area contributed by atoms with Crippen molar-refractivity contribution in [2.75, 3.05) is 13.1 Å². The number of nitrogens with zero attached hydrogens (tertiary/aromatic N) is 1. The Kier molecular flexibility index (Phi) is 4.55. The first-order valence-corrected chi connectivity index (χ1v) is 7.19. The van der Waals surface area contributed by atoms with Crippen LogP contribution in [0, 0.1) is 6.92 Å². The fourth-order valence-electron chi connectivity index (χ4n) is 2.73. The van der Waals surface area contributed by atoms with Crippen LogP contribution in [0.1, 0.15) is 36.2 Å². The van der Waals surface area contributed by atoms with Crippen molar-refractivity contribution in [1.82, 2.24) is 10.2 Å². The summed E-state index contributed by atoms with van der Waals surface area (Å²) >= 11 is 0. The lowest BCUT2D eigenvalue weighted by molar-refractivity contribution is -0.129. The quantitative estimate of drug-likeness (QED) is 0.851. The zero-order valence-corrected chi connectivity index (χ0v) is 12.3. The lowest BCUT2D eigenvalue weighted by Gasteiger charge is -2.38. The first-order chi connectivity index (χ1) is 9.54. The standard InChI is InChI=1S/C16H22N2O2/c1-4-14-16(20)17-9-10-18(14)12(3)15(19)13-7-5-11(2)6-8-13/h5-8,12,14H,4,9-10H2,1-3H3,(H,17,20). The van der Waals surface area contributed by atoms with E-state index in [9.17, 15) is 9.59 Å². The van der Waals surface area contributed by atoms with E-state index in [4.69, 9.17) is 0 Å². The number of carbonyl (C=O) groups excluding carboxylic acids is 2. The van der Waals surface area contributed by atoms with Gasteiger partial charge in [-0.15, -0.1) is 0 Å². The molecule has 20 heavy (non-hydrogen) atoms. The molecule has 1 aliphatic heterocycles. The molecule has 1 aliphatic rings. The molecule has 0 bridgehead atoms. The molecule has 1 aromatic rings. The highest BCUT2D eigenvalue weighted by Crippen LogP contribution is 2.16. The lowest BCUT2D eigenvalue weighted by atomic mass is 9.99. The molecule has 2 unspecified atom stereocenters. The average Bonchev–Trinajstić information content (AvgIpc) is 2.46. The van der Waals surface area contributed by atoms with E-state index >= 15 is 0 Å². The Morgan fingerprint density at radius 2 is 2.05 bits per heavy atom. The summed E-state index contributed by atoms with van der Waals surface area (Å²) in [7, 11) is 0. The molecule has 0 saturated carbocycles. The second kappa shape index (κ2) is 6.18. The summed E-state index contributed by atoms with van der Waals surface area (Å²) in [6, 6.07) is 7.14. The number of rotatable bonds is 4. The Balaban J connectivity index is 2.16. The summed E-state index contributed by atoms with van der Waals surface area (Å²) in [6.07, 6.45) is 0.720. The first-order valence-electron chi connectivity index (χ1n) is 7.19. The number of hydrogen-bond donors (Lipinski definition) is 1. The second-order valence-electron chi connectivity index (χ2n) is 5.36. The summed E-state index contributed by atoms with van der Waals surface area (Å²) < 4.78 is 0. The second-order valence-corrected chi connectivity index (χ2v) is 5.36. The highest BCUT2D eigenvalue weighted by Gasteiger charge is 2.34. The predicted octanol–water partition coefficient (Wildman–Crippen LogP) is 1.78. The predicted molar refractivity (Wildman–Crippen MR) is 78.8 cm³/mol. The molecule has 0 radical (unpaired) electrons. The number of nitrogens with one attached hydrogen (secondary N) is 1. The highest BCUT2D eigenvalue weighted by molar-refractivity contribution is 6.00. The van der Waals surface area contributed by atoms with Crippen molar-refractivity contribution < 1.29 is 9.59 Å². The minimum Gasteiger partial charge on any atom is -0.353 e. The molecule has 0 aliphatic carbocycles. The number of carbonyl (C=O) groups is 2. The Labute approximate surface area is 120 Å². The molecule has 1 fully saturated rings. The van der Waals surface area contributed by atoms with Crippen LogP contribution in [-0.2, 0) is 4.79 Å². The Morgan fingerprint density at radius 1 is 1.40 bits per heavy atom. The highest BCUT2D eigenvalue weighted by atomic mass is 16.2. The number of ketones is 1. The molecule has 0 spiro atoms. The van der Waals surface area contributed by atoms with E-state index in [1.807, 2.05) is 49.9 Å². The van der Waals surface area contributed by atoms with Gasteiger partial charge in [0, 0.05) is 18.7 Å². The summed E-state index contributed by atoms with van der Waals surface area (Å²) in [6.45, 7) is 7.21. The van der Waals surface area contributed by atoms with Gasteiger partial charge in [0.05, 0.1) is 12.1 Å². The Morgan fingerprint density at radius 3 is 2.65 bits per heavy atom. The maximum Gasteiger partial charge on any atom is 0.237 e. The van der Waals surface area contributed by atoms with Crippen LogP contribution >= 0.6 is 0 Å². The van der Waals surface area contributed by atoms with Crippen LogP contribution in [0.4, 0.5) is 0 Å². The van der Waals surface area contributed by atoms with Crippen LogP contribution in [0.25, 0.3) is 0 Å². The van der Waals surface area contributed by atoms with Gasteiger partial charge in [-0.05, 0) is 20.3 Å². The molecule has 2 atom stereocenters. The minimum atomic E-state index is -0.270. The molecular formula is C16H22N2O2. The molecule has 4 heteroatoms. The van der Waals surface area contributed by atoms with Gasteiger partial charge in [-0.2, -0.15) is 0 Å². The van der Waals surface area contributed by atoms with E-state index in [0.29, 0.717) is 12.1 Å². The summed E-state index contributed by atoms with van der Waals surface area (Å²) in [5.74, 6) is 0.112. The Hall–Kier alpha value is -1.68. The van der Waals surface area contributed by atoms with Crippen LogP contribution in [0.3, 0.4) is 0 Å². The van der Waals surface area contributed by atoms with Crippen molar-refractivity contribution in [3.63, 3.8) is 0 Å². The summed E-state index contributed by atoms with van der Waals surface area (Å²) in [5.41, 5.74) is 1.85. The molecule has 1 N–H and O–H groups in total. The molecule has 2 rings (SSSR count). The topological polar surface area (TPSA) is 49.4 Å². The van der Waals surface area contributed by atoms with E-state index in [1.54, 1.807) is 0 Å². The SMILES string of the molecule is CCC1C(=O)NCCN1C(C)C(=O)c1ccc(C)cc1. The van der Waals surface area contributed by atoms with Gasteiger partial charge in [-0.1, -0.05) is 36.8 Å². The molecular weight excluding hydrogens is 252 g/mol. The van der Waals surface area contributed by atoms with Gasteiger partial charge in [0.2, 0.25) is 5.91 Å². The largest absolute Gasteiger partial charge is 0.353 e. The lowest BCUT2D eigenvalue weighted by Crippen LogP contribution is -2.59. The third-order valence-electron chi connectivity index (χ3n) is 3.97. The van der Waals surface area contributed by atoms with E-state index in [-0.39, 0.29) is 23.8 Å². The molecule has 1 saturated heterocycles. The van der Waals surface area contributed by atoms with Crippen LogP contribution in [0.5, 0.6) is 0 Å². The Bertz CT molecular complexity index is 496. The summed E-state index contributed by atoms with van der Waals surface area (Å²) in [4.78, 5) is 26.4. The van der Waals surface area contributed by atoms with Crippen LogP contribution in [-0.4, -0.2) is 41.8 Å². The van der Waals surface area contributed by atoms with Gasteiger partial charge in [-0.25, -0.2) is 0 Å². The molecule has 0 aromatic heterocycles. The number of hydrogen-bond acceptors (Lipinski definition) is 3. The average molecular weight is 274 g/mol. The van der Waals surface area contributed by atoms with E-state index in [1.165, 1.54) is 0 Å². The van der Waals surface area contributed by atoms with Crippen molar-refractivity contribution in [1.29, 1.82) is 0 Å². The third kappa shape index (κ3) is 2.90. The summed E-state index contributed by atoms with van der Waals surface area (Å²) in [5, 5.41) is 2.86. The van der Waals surface area contributed by atoms with Gasteiger partial charge in [-0.3, -0.25) is 14.5 Å². The van der Waals surface area contributed by atoms with Crippen molar-refractivity contribution in [2.24, 2.45) is 0 Å². The van der Waals surface area contributed by atoms with Gasteiger partial charge >= 0.3 is 0 Å². The minimum absolute atomic E-state index is 0.0299. The van der Waals surface area contributed by atoms with Gasteiger partial charge in [0.1, 0.15) is 0 Å². The molecule has 108 valence electrons. The number of amides is 1. The normalized spacial score (nSPS) is 21.4. The number of Topliss-reactive ketones (excluding diaryl/α,β-unsaturated/α-hetero) is 1.